The highest BCUT2D eigenvalue weighted by molar-refractivity contribution is 5.92. The van der Waals surface area contributed by atoms with Gasteiger partial charge in [-0.25, -0.2) is 4.68 Å². The first-order valence-electron chi connectivity index (χ1n) is 7.74. The number of amides is 1. The topological polar surface area (TPSA) is 94.7 Å². The molecule has 11 heteroatoms. The monoisotopic (exact) mass is 372 g/mol. The minimum Gasteiger partial charge on any atom is -0.346 e. The number of Topliss-reactive ketones (excluding diaryl/α,β-unsaturated/α-hetero) is 1. The van der Waals surface area contributed by atoms with E-state index in [-0.39, 0.29) is 24.6 Å². The molecule has 0 fully saturated rings. The first kappa shape index (κ1) is 19.6. The fourth-order valence-electron chi connectivity index (χ4n) is 1.90. The largest absolute Gasteiger partial charge is 0.408 e. The molecule has 142 valence electrons. The Bertz CT molecular complexity index is 788. The van der Waals surface area contributed by atoms with Crippen LogP contribution in [0, 0.1) is 5.41 Å². The average molecular weight is 372 g/mol. The fraction of sp³-hybridized carbons (Fsp3) is 0.533. The first-order valence-corrected chi connectivity index (χ1v) is 7.74. The SMILES string of the molecule is CC(C)(C)C(=O)Cn1cc(C(=O)NCc2cnn(CC(F)(F)F)c2)nn1. The zero-order valence-electron chi connectivity index (χ0n) is 14.5. The Labute approximate surface area is 147 Å². The third kappa shape index (κ3) is 5.67. The van der Waals surface area contributed by atoms with Gasteiger partial charge in [0.15, 0.2) is 11.5 Å². The molecular weight excluding hydrogens is 353 g/mol. The van der Waals surface area contributed by atoms with Crippen molar-refractivity contribution >= 4 is 11.7 Å². The van der Waals surface area contributed by atoms with Gasteiger partial charge in [0, 0.05) is 23.7 Å². The van der Waals surface area contributed by atoms with Crippen LogP contribution in [0.4, 0.5) is 13.2 Å². The van der Waals surface area contributed by atoms with Gasteiger partial charge in [0.05, 0.1) is 12.4 Å². The number of nitrogens with one attached hydrogen (secondary N) is 1. The lowest BCUT2D eigenvalue weighted by atomic mass is 9.91. The molecule has 1 N–H and O–H groups in total. The maximum atomic E-state index is 12.3. The molecule has 0 radical (unpaired) electrons. The maximum Gasteiger partial charge on any atom is 0.408 e. The summed E-state index contributed by atoms with van der Waals surface area (Å²) >= 11 is 0. The van der Waals surface area contributed by atoms with E-state index in [1.165, 1.54) is 23.3 Å². The highest BCUT2D eigenvalue weighted by atomic mass is 19.4. The van der Waals surface area contributed by atoms with Crippen molar-refractivity contribution < 1.29 is 22.8 Å². The van der Waals surface area contributed by atoms with Crippen LogP contribution in [0.15, 0.2) is 18.6 Å². The Morgan fingerprint density at radius 2 is 1.85 bits per heavy atom. The third-order valence-corrected chi connectivity index (χ3v) is 3.39. The first-order chi connectivity index (χ1) is 11.9. The van der Waals surface area contributed by atoms with Crippen LogP contribution < -0.4 is 5.32 Å². The van der Waals surface area contributed by atoms with Crippen LogP contribution in [-0.2, 0) is 24.4 Å². The van der Waals surface area contributed by atoms with Crippen molar-refractivity contribution in [2.75, 3.05) is 0 Å². The fourth-order valence-corrected chi connectivity index (χ4v) is 1.90. The zero-order chi connectivity index (χ0) is 19.5. The number of hydrogen-bond donors (Lipinski definition) is 1. The number of halogens is 3. The van der Waals surface area contributed by atoms with Crippen molar-refractivity contribution in [3.05, 3.63) is 29.8 Å². The van der Waals surface area contributed by atoms with Crippen LogP contribution in [0.5, 0.6) is 0 Å². The van der Waals surface area contributed by atoms with Crippen LogP contribution in [0.25, 0.3) is 0 Å². The summed E-state index contributed by atoms with van der Waals surface area (Å²) in [6.45, 7) is 4.12. The Kier molecular flexibility index (Phi) is 5.47. The number of carbonyl (C=O) groups excluding carboxylic acids is 2. The minimum absolute atomic E-state index is 0.00596. The molecule has 0 saturated heterocycles. The summed E-state index contributed by atoms with van der Waals surface area (Å²) in [4.78, 5) is 24.0. The van der Waals surface area contributed by atoms with Crippen LogP contribution in [0.3, 0.4) is 0 Å². The molecule has 0 spiro atoms. The van der Waals surface area contributed by atoms with E-state index < -0.39 is 24.0 Å². The molecule has 2 heterocycles. The molecule has 8 nitrogen and oxygen atoms in total. The number of alkyl halides is 3. The zero-order valence-corrected chi connectivity index (χ0v) is 14.5. The molecule has 26 heavy (non-hydrogen) atoms. The Hall–Kier alpha value is -2.72. The quantitative estimate of drug-likeness (QED) is 0.831. The van der Waals surface area contributed by atoms with Crippen molar-refractivity contribution in [3.8, 4) is 0 Å². The number of rotatable bonds is 6. The van der Waals surface area contributed by atoms with Gasteiger partial charge in [0.1, 0.15) is 13.1 Å². The number of nitrogens with zero attached hydrogens (tertiary/aromatic N) is 5. The summed E-state index contributed by atoms with van der Waals surface area (Å²) in [5.41, 5.74) is -0.113. The molecular formula is C15H19F3N6O2. The number of aromatic nitrogens is 5. The van der Waals surface area contributed by atoms with E-state index in [1.807, 2.05) is 0 Å². The summed E-state index contributed by atoms with van der Waals surface area (Å²) in [7, 11) is 0. The van der Waals surface area contributed by atoms with Crippen molar-refractivity contribution in [1.29, 1.82) is 0 Å². The van der Waals surface area contributed by atoms with Crippen LogP contribution in [0.2, 0.25) is 0 Å². The van der Waals surface area contributed by atoms with Gasteiger partial charge in [-0.15, -0.1) is 5.10 Å². The van der Waals surface area contributed by atoms with E-state index in [4.69, 9.17) is 0 Å². The molecule has 2 aromatic rings. The van der Waals surface area contributed by atoms with Gasteiger partial charge in [-0.1, -0.05) is 26.0 Å². The number of hydrogen-bond acceptors (Lipinski definition) is 5. The average Bonchev–Trinajstić information content (AvgIpc) is 3.11. The smallest absolute Gasteiger partial charge is 0.346 e. The lowest BCUT2D eigenvalue weighted by Crippen LogP contribution is -2.25. The van der Waals surface area contributed by atoms with Gasteiger partial charge in [-0.2, -0.15) is 18.3 Å². The van der Waals surface area contributed by atoms with Crippen molar-refractivity contribution in [2.45, 2.75) is 46.6 Å². The lowest BCUT2D eigenvalue weighted by molar-refractivity contribution is -0.142. The number of ketones is 1. The van der Waals surface area contributed by atoms with Crippen LogP contribution in [0.1, 0.15) is 36.8 Å². The van der Waals surface area contributed by atoms with Gasteiger partial charge in [0.25, 0.3) is 5.91 Å². The Morgan fingerprint density at radius 3 is 2.46 bits per heavy atom. The van der Waals surface area contributed by atoms with Gasteiger partial charge in [0.2, 0.25) is 0 Å². The molecule has 0 aliphatic rings. The Morgan fingerprint density at radius 1 is 1.15 bits per heavy atom. The van der Waals surface area contributed by atoms with E-state index in [9.17, 15) is 22.8 Å². The molecule has 0 bridgehead atoms. The molecule has 0 aromatic carbocycles. The standard InChI is InChI=1S/C15H19F3N6O2/c1-14(2,3)12(25)8-23-7-11(21-22-23)13(26)19-4-10-5-20-24(6-10)9-15(16,17)18/h5-7H,4,8-9H2,1-3H3,(H,19,26). The normalized spacial score (nSPS) is 12.2. The van der Waals surface area contributed by atoms with Gasteiger partial charge in [-0.05, 0) is 0 Å². The molecule has 0 saturated carbocycles. The van der Waals surface area contributed by atoms with Crippen molar-refractivity contribution in [2.24, 2.45) is 5.41 Å². The molecule has 0 aliphatic heterocycles. The lowest BCUT2D eigenvalue weighted by Gasteiger charge is -2.15. The maximum absolute atomic E-state index is 12.3. The van der Waals surface area contributed by atoms with E-state index in [0.29, 0.717) is 5.56 Å². The molecule has 0 aliphatic carbocycles. The van der Waals surface area contributed by atoms with Crippen LogP contribution in [-0.4, -0.2) is 42.6 Å². The molecule has 0 unspecified atom stereocenters. The minimum atomic E-state index is -4.37. The van der Waals surface area contributed by atoms with E-state index >= 15 is 0 Å². The highest BCUT2D eigenvalue weighted by Gasteiger charge is 2.28. The third-order valence-electron chi connectivity index (χ3n) is 3.39. The predicted molar refractivity (Wildman–Crippen MR) is 83.9 cm³/mol. The summed E-state index contributed by atoms with van der Waals surface area (Å²) in [6.07, 6.45) is -0.584. The van der Waals surface area contributed by atoms with Crippen LogP contribution >= 0.6 is 0 Å². The van der Waals surface area contributed by atoms with E-state index in [1.54, 1.807) is 20.8 Å². The van der Waals surface area contributed by atoms with Gasteiger partial charge in [-0.3, -0.25) is 14.3 Å². The molecule has 2 rings (SSSR count). The van der Waals surface area contributed by atoms with Crippen molar-refractivity contribution in [1.82, 2.24) is 30.1 Å². The summed E-state index contributed by atoms with van der Waals surface area (Å²) in [5.74, 6) is -0.616. The second-order valence-electron chi connectivity index (χ2n) is 6.82. The van der Waals surface area contributed by atoms with E-state index in [0.717, 1.165) is 4.68 Å². The number of carbonyl (C=O) groups is 2. The predicted octanol–water partition coefficient (Wildman–Crippen LogP) is 1.58. The van der Waals surface area contributed by atoms with Gasteiger partial charge >= 0.3 is 6.18 Å². The highest BCUT2D eigenvalue weighted by Crippen LogP contribution is 2.17. The molecule has 0 atom stereocenters. The Balaban J connectivity index is 1.90. The molecule has 2 aromatic heterocycles. The summed E-state index contributed by atoms with van der Waals surface area (Å²) in [6, 6.07) is 0. The van der Waals surface area contributed by atoms with E-state index in [2.05, 4.69) is 20.7 Å². The molecule has 1 amide bonds. The summed E-state index contributed by atoms with van der Waals surface area (Å²) < 4.78 is 38.9. The summed E-state index contributed by atoms with van der Waals surface area (Å²) in [5, 5.41) is 13.5. The second kappa shape index (κ2) is 7.26. The van der Waals surface area contributed by atoms with Crippen molar-refractivity contribution in [3.63, 3.8) is 0 Å². The van der Waals surface area contributed by atoms with Gasteiger partial charge < -0.3 is 5.32 Å². The second-order valence-corrected chi connectivity index (χ2v) is 6.82.